The maximum absolute atomic E-state index is 2.60. The third-order valence-corrected chi connectivity index (χ3v) is 13.9. The molecular weight excluding hydrogens is 675 g/mol. The molecule has 56 heavy (non-hydrogen) atoms. The van der Waals surface area contributed by atoms with Crippen molar-refractivity contribution in [3.63, 3.8) is 0 Å². The summed E-state index contributed by atoms with van der Waals surface area (Å²) < 4.78 is 0. The Morgan fingerprint density at radius 3 is 1.27 bits per heavy atom. The van der Waals surface area contributed by atoms with E-state index in [1.54, 1.807) is 0 Å². The van der Waals surface area contributed by atoms with Crippen LogP contribution >= 0.6 is 0 Å². The summed E-state index contributed by atoms with van der Waals surface area (Å²) in [4.78, 5) is 2.60. The highest BCUT2D eigenvalue weighted by Crippen LogP contribution is 2.65. The van der Waals surface area contributed by atoms with Crippen LogP contribution in [0.1, 0.15) is 72.2 Å². The van der Waals surface area contributed by atoms with Crippen molar-refractivity contribution in [2.75, 3.05) is 4.90 Å². The Kier molecular flexibility index (Phi) is 6.18. The lowest BCUT2D eigenvalue weighted by Crippen LogP contribution is -2.26. The van der Waals surface area contributed by atoms with Gasteiger partial charge in [-0.3, -0.25) is 0 Å². The molecule has 12 rings (SSSR count). The first kappa shape index (κ1) is 31.9. The van der Waals surface area contributed by atoms with Crippen molar-refractivity contribution >= 4 is 17.1 Å². The highest BCUT2D eigenvalue weighted by atomic mass is 15.1. The monoisotopic (exact) mass is 715 g/mol. The van der Waals surface area contributed by atoms with Gasteiger partial charge >= 0.3 is 0 Å². The second-order valence-corrected chi connectivity index (χ2v) is 17.2. The fourth-order valence-electron chi connectivity index (χ4n) is 11.5. The van der Waals surface area contributed by atoms with Crippen molar-refractivity contribution in [1.29, 1.82) is 0 Å². The van der Waals surface area contributed by atoms with Crippen molar-refractivity contribution < 1.29 is 0 Å². The molecule has 4 aliphatic carbocycles. The molecule has 0 unspecified atom stereocenters. The van der Waals surface area contributed by atoms with Crippen molar-refractivity contribution in [1.82, 2.24) is 0 Å². The van der Waals surface area contributed by atoms with Gasteiger partial charge in [-0.25, -0.2) is 0 Å². The Bertz CT molecular complexity index is 2950. The van der Waals surface area contributed by atoms with E-state index in [1.165, 1.54) is 106 Å². The summed E-state index contributed by atoms with van der Waals surface area (Å²) in [6.07, 6.45) is 0. The molecule has 0 amide bonds. The average molecular weight is 716 g/mol. The molecule has 0 saturated carbocycles. The van der Waals surface area contributed by atoms with Crippen LogP contribution in [0.3, 0.4) is 0 Å². The summed E-state index contributed by atoms with van der Waals surface area (Å²) >= 11 is 0. The van der Waals surface area contributed by atoms with Crippen LogP contribution in [-0.4, -0.2) is 0 Å². The van der Waals surface area contributed by atoms with Crippen molar-refractivity contribution in [3.8, 4) is 44.5 Å². The van der Waals surface area contributed by atoms with E-state index in [2.05, 4.69) is 209 Å². The van der Waals surface area contributed by atoms with E-state index in [1.807, 2.05) is 0 Å². The lowest BCUT2D eigenvalue weighted by molar-refractivity contribution is 0.660. The SMILES string of the molecule is CC1(C)c2ccccc2-c2cc(N(c3cccc4c3-c3ccccc3C4(C)C)c3cccc4c3-c3ccccc3C43c4ccccc4-c4ccccc43)ccc21. The molecule has 0 radical (unpaired) electrons. The van der Waals surface area contributed by atoms with Crippen LogP contribution in [0.4, 0.5) is 17.1 Å². The number of anilines is 3. The largest absolute Gasteiger partial charge is 0.309 e. The lowest BCUT2D eigenvalue weighted by atomic mass is 9.70. The second kappa shape index (κ2) is 10.9. The van der Waals surface area contributed by atoms with Crippen molar-refractivity contribution in [2.24, 2.45) is 0 Å². The first-order valence-electron chi connectivity index (χ1n) is 20.0. The van der Waals surface area contributed by atoms with E-state index in [-0.39, 0.29) is 10.8 Å². The minimum absolute atomic E-state index is 0.0746. The number of rotatable bonds is 3. The molecule has 0 aromatic heterocycles. The molecule has 1 spiro atoms. The summed E-state index contributed by atoms with van der Waals surface area (Å²) in [6, 6.07) is 66.8. The normalized spacial score (nSPS) is 15.9. The molecule has 266 valence electrons. The van der Waals surface area contributed by atoms with Crippen LogP contribution in [0.5, 0.6) is 0 Å². The van der Waals surface area contributed by atoms with E-state index in [9.17, 15) is 0 Å². The summed E-state index contributed by atoms with van der Waals surface area (Å²) in [5, 5.41) is 0. The fourth-order valence-corrected chi connectivity index (χ4v) is 11.5. The number of hydrogen-bond donors (Lipinski definition) is 0. The van der Waals surface area contributed by atoms with Gasteiger partial charge in [0.05, 0.1) is 16.8 Å². The first-order valence-corrected chi connectivity index (χ1v) is 20.0. The van der Waals surface area contributed by atoms with Crippen LogP contribution in [-0.2, 0) is 16.2 Å². The van der Waals surface area contributed by atoms with Gasteiger partial charge in [0.25, 0.3) is 0 Å². The molecule has 0 saturated heterocycles. The molecule has 0 atom stereocenters. The molecular formula is C55H41N. The van der Waals surface area contributed by atoms with Gasteiger partial charge in [-0.1, -0.05) is 179 Å². The summed E-state index contributed by atoms with van der Waals surface area (Å²) in [7, 11) is 0. The highest BCUT2D eigenvalue weighted by molar-refractivity contribution is 6.04. The fraction of sp³-hybridized carbons (Fsp3) is 0.127. The smallest absolute Gasteiger partial charge is 0.0726 e. The van der Waals surface area contributed by atoms with Gasteiger partial charge in [0, 0.05) is 27.6 Å². The lowest BCUT2D eigenvalue weighted by Gasteiger charge is -2.33. The number of benzene rings is 8. The van der Waals surface area contributed by atoms with Crippen LogP contribution in [0.25, 0.3) is 44.5 Å². The predicted molar refractivity (Wildman–Crippen MR) is 233 cm³/mol. The zero-order valence-corrected chi connectivity index (χ0v) is 32.2. The molecule has 1 heteroatoms. The van der Waals surface area contributed by atoms with Gasteiger partial charge in [-0.05, 0) is 102 Å². The van der Waals surface area contributed by atoms with Crippen LogP contribution < -0.4 is 4.90 Å². The second-order valence-electron chi connectivity index (χ2n) is 17.2. The Hall–Kier alpha value is -6.44. The Labute approximate surface area is 329 Å². The maximum Gasteiger partial charge on any atom is 0.0726 e. The third kappa shape index (κ3) is 3.76. The van der Waals surface area contributed by atoms with Crippen molar-refractivity contribution in [3.05, 3.63) is 220 Å². The Morgan fingerprint density at radius 1 is 0.304 bits per heavy atom. The number of hydrogen-bond acceptors (Lipinski definition) is 1. The first-order chi connectivity index (χ1) is 27.3. The molecule has 0 N–H and O–H groups in total. The molecule has 1 nitrogen and oxygen atoms in total. The van der Waals surface area contributed by atoms with Crippen LogP contribution in [0.15, 0.2) is 176 Å². The molecule has 0 heterocycles. The Morgan fingerprint density at radius 2 is 0.679 bits per heavy atom. The zero-order valence-electron chi connectivity index (χ0n) is 32.2. The van der Waals surface area contributed by atoms with Crippen LogP contribution in [0, 0.1) is 0 Å². The van der Waals surface area contributed by atoms with Gasteiger partial charge in [-0.2, -0.15) is 0 Å². The van der Waals surface area contributed by atoms with E-state index in [0.717, 1.165) is 0 Å². The molecule has 0 aliphatic heterocycles. The molecule has 8 aromatic carbocycles. The molecule has 8 aromatic rings. The minimum Gasteiger partial charge on any atom is -0.309 e. The summed E-state index contributed by atoms with van der Waals surface area (Å²) in [6.45, 7) is 9.51. The zero-order chi connectivity index (χ0) is 37.6. The molecule has 4 aliphatic rings. The van der Waals surface area contributed by atoms with Crippen LogP contribution in [0.2, 0.25) is 0 Å². The maximum atomic E-state index is 2.60. The molecule has 0 fully saturated rings. The summed E-state index contributed by atoms with van der Waals surface area (Å²) in [5.74, 6) is 0. The van der Waals surface area contributed by atoms with Gasteiger partial charge in [-0.15, -0.1) is 0 Å². The van der Waals surface area contributed by atoms with Crippen molar-refractivity contribution in [2.45, 2.75) is 43.9 Å². The van der Waals surface area contributed by atoms with Gasteiger partial charge in [0.2, 0.25) is 0 Å². The standard InChI is InChI=1S/C55H41N/c1-53(2)41-22-10-5-19-37(41)40-33-34(31-32-43(40)53)56(49-29-15-27-47-51(49)38-20-8-11-23-42(38)54(47,3)4)50-30-16-28-48-52(50)39-21-9-14-26-46(39)55(48)44-24-12-6-17-35(44)36-18-7-13-25-45(36)55/h5-33H,1-4H3. The topological polar surface area (TPSA) is 3.24 Å². The molecule has 0 bridgehead atoms. The number of fused-ring (bicyclic) bond motifs is 16. The van der Waals surface area contributed by atoms with E-state index in [0.29, 0.717) is 0 Å². The third-order valence-electron chi connectivity index (χ3n) is 13.9. The summed E-state index contributed by atoms with van der Waals surface area (Å²) in [5.41, 5.74) is 24.5. The van der Waals surface area contributed by atoms with E-state index in [4.69, 9.17) is 0 Å². The minimum atomic E-state index is -0.422. The average Bonchev–Trinajstić information content (AvgIpc) is 3.87. The Balaban J connectivity index is 1.20. The van der Waals surface area contributed by atoms with Gasteiger partial charge in [0.15, 0.2) is 0 Å². The quantitative estimate of drug-likeness (QED) is 0.176. The number of nitrogens with zero attached hydrogens (tertiary/aromatic N) is 1. The van der Waals surface area contributed by atoms with E-state index < -0.39 is 5.41 Å². The van der Waals surface area contributed by atoms with Gasteiger partial charge < -0.3 is 4.90 Å². The van der Waals surface area contributed by atoms with Gasteiger partial charge in [0.1, 0.15) is 0 Å². The highest BCUT2D eigenvalue weighted by Gasteiger charge is 2.52. The predicted octanol–water partition coefficient (Wildman–Crippen LogP) is 14.1. The van der Waals surface area contributed by atoms with E-state index >= 15 is 0 Å².